The van der Waals surface area contributed by atoms with Crippen LogP contribution in [0.25, 0.3) is 0 Å². The summed E-state index contributed by atoms with van der Waals surface area (Å²) in [7, 11) is 4.12. The molecule has 0 aliphatic carbocycles. The molecule has 176 valence electrons. The fraction of sp³-hybridized carbons (Fsp3) is 0.714. The van der Waals surface area contributed by atoms with E-state index in [-0.39, 0.29) is 35.5 Å². The number of likely N-dealkylation sites (tertiary alicyclic amines) is 1. The van der Waals surface area contributed by atoms with Gasteiger partial charge in [0.05, 0.1) is 37.9 Å². The van der Waals surface area contributed by atoms with Crippen molar-refractivity contribution in [2.45, 2.75) is 41.5 Å². The summed E-state index contributed by atoms with van der Waals surface area (Å²) in [6, 6.07) is 0. The standard InChI is InChI=1S/C8H14O4.C7H11NO2.C6H8O3/c1-5(7(9)11-3)6(2)8(10)12-4;1-4-5(2)7(10)8(3)6(4)9;1-3-4(2)6(8)9-5(3)7/h5-6H,1-4H3;4-5H,1-3H3;3-4H,1-2H3. The SMILES string of the molecule is CC1C(=O)N(C)C(=O)C1C.CC1C(=O)OC(=O)C1C.COC(=O)C(C)C(C)C(=O)OC. The molecule has 2 aliphatic rings. The smallest absolute Gasteiger partial charge is 0.317 e. The maximum atomic E-state index is 11.0. The van der Waals surface area contributed by atoms with Gasteiger partial charge in [-0.2, -0.15) is 0 Å². The minimum atomic E-state index is -0.456. The molecule has 2 aliphatic heterocycles. The zero-order chi connectivity index (χ0) is 24.6. The third-order valence-corrected chi connectivity index (χ3v) is 5.78. The van der Waals surface area contributed by atoms with Gasteiger partial charge in [0.1, 0.15) is 0 Å². The summed E-state index contributed by atoms with van der Waals surface area (Å²) in [5.41, 5.74) is 0. The lowest BCUT2D eigenvalue weighted by atomic mass is 9.96. The van der Waals surface area contributed by atoms with Crippen molar-refractivity contribution in [3.63, 3.8) is 0 Å². The van der Waals surface area contributed by atoms with Crippen molar-refractivity contribution in [3.8, 4) is 0 Å². The average Bonchev–Trinajstić information content (AvgIpc) is 3.08. The number of imide groups is 1. The second kappa shape index (κ2) is 12.2. The van der Waals surface area contributed by atoms with Crippen molar-refractivity contribution >= 4 is 35.7 Å². The Bertz CT molecular complexity index is 660. The second-order valence-electron chi connectivity index (χ2n) is 7.75. The molecule has 10 heteroatoms. The number of hydrogen-bond donors (Lipinski definition) is 0. The van der Waals surface area contributed by atoms with Crippen molar-refractivity contribution in [2.24, 2.45) is 35.5 Å². The van der Waals surface area contributed by atoms with Crippen LogP contribution in [0, 0.1) is 35.5 Å². The predicted octanol–water partition coefficient (Wildman–Crippen LogP) is 1.20. The number of esters is 4. The predicted molar refractivity (Wildman–Crippen MR) is 108 cm³/mol. The van der Waals surface area contributed by atoms with E-state index in [1.807, 2.05) is 0 Å². The molecule has 0 aromatic rings. The summed E-state index contributed by atoms with van der Waals surface area (Å²) in [6.45, 7) is 10.2. The van der Waals surface area contributed by atoms with E-state index in [1.165, 1.54) is 26.2 Å². The van der Waals surface area contributed by atoms with Crippen LogP contribution in [0.5, 0.6) is 0 Å². The molecule has 2 heterocycles. The molecular weight excluding hydrogens is 410 g/mol. The van der Waals surface area contributed by atoms with E-state index in [9.17, 15) is 28.8 Å². The Labute approximate surface area is 182 Å². The summed E-state index contributed by atoms with van der Waals surface area (Å²) >= 11 is 0. The molecule has 0 aromatic carbocycles. The monoisotopic (exact) mass is 443 g/mol. The molecule has 2 amide bonds. The molecule has 0 bridgehead atoms. The van der Waals surface area contributed by atoms with E-state index in [1.54, 1.807) is 41.5 Å². The first-order valence-electron chi connectivity index (χ1n) is 9.95. The molecule has 10 nitrogen and oxygen atoms in total. The van der Waals surface area contributed by atoms with Crippen LogP contribution in [0.1, 0.15) is 41.5 Å². The van der Waals surface area contributed by atoms with Gasteiger partial charge in [-0.15, -0.1) is 0 Å². The number of carbonyl (C=O) groups excluding carboxylic acids is 6. The molecule has 0 saturated carbocycles. The Kier molecular flexibility index (Phi) is 11.1. The Hall–Kier alpha value is -2.78. The molecule has 0 aromatic heterocycles. The normalized spacial score (nSPS) is 26.7. The molecule has 2 fully saturated rings. The Morgan fingerprint density at radius 3 is 1.16 bits per heavy atom. The van der Waals surface area contributed by atoms with Gasteiger partial charge in [-0.05, 0) is 0 Å². The maximum Gasteiger partial charge on any atom is 0.317 e. The number of carbonyl (C=O) groups is 6. The number of cyclic esters (lactones) is 2. The molecule has 0 spiro atoms. The van der Waals surface area contributed by atoms with E-state index in [0.717, 1.165) is 0 Å². The zero-order valence-electron chi connectivity index (χ0n) is 19.6. The summed E-state index contributed by atoms with van der Waals surface area (Å²) in [5, 5.41) is 0. The van der Waals surface area contributed by atoms with Crippen LogP contribution in [0.2, 0.25) is 0 Å². The molecule has 6 unspecified atom stereocenters. The second-order valence-corrected chi connectivity index (χ2v) is 7.75. The van der Waals surface area contributed by atoms with Gasteiger partial charge in [0, 0.05) is 18.9 Å². The topological polar surface area (TPSA) is 133 Å². The molecule has 0 radical (unpaired) electrons. The molecule has 31 heavy (non-hydrogen) atoms. The molecular formula is C21H33NO9. The Morgan fingerprint density at radius 2 is 1.03 bits per heavy atom. The lowest BCUT2D eigenvalue weighted by Crippen LogP contribution is -2.27. The van der Waals surface area contributed by atoms with Crippen molar-refractivity contribution < 1.29 is 43.0 Å². The van der Waals surface area contributed by atoms with Crippen LogP contribution in [0.3, 0.4) is 0 Å². The first-order chi connectivity index (χ1) is 14.2. The minimum Gasteiger partial charge on any atom is -0.469 e. The van der Waals surface area contributed by atoms with E-state index in [0.29, 0.717) is 0 Å². The number of ether oxygens (including phenoxy) is 3. The lowest BCUT2D eigenvalue weighted by molar-refractivity contribution is -0.156. The van der Waals surface area contributed by atoms with Gasteiger partial charge in [-0.1, -0.05) is 41.5 Å². The zero-order valence-corrected chi connectivity index (χ0v) is 19.6. The summed E-state index contributed by atoms with van der Waals surface area (Å²) < 4.78 is 13.3. The Morgan fingerprint density at radius 1 is 0.742 bits per heavy atom. The van der Waals surface area contributed by atoms with Gasteiger partial charge in [-0.3, -0.25) is 33.7 Å². The van der Waals surface area contributed by atoms with Crippen LogP contribution in [0.4, 0.5) is 0 Å². The number of rotatable bonds is 3. The molecule has 2 saturated heterocycles. The summed E-state index contributed by atoms with van der Waals surface area (Å²) in [4.78, 5) is 66.3. The molecule has 0 N–H and O–H groups in total. The first kappa shape index (κ1) is 28.2. The van der Waals surface area contributed by atoms with Crippen LogP contribution in [-0.4, -0.2) is 61.9 Å². The number of amides is 2. The first-order valence-corrected chi connectivity index (χ1v) is 9.95. The molecule has 6 atom stereocenters. The number of hydrogen-bond acceptors (Lipinski definition) is 9. The largest absolute Gasteiger partial charge is 0.469 e. The van der Waals surface area contributed by atoms with Gasteiger partial charge >= 0.3 is 23.9 Å². The fourth-order valence-electron chi connectivity index (χ4n) is 2.62. The van der Waals surface area contributed by atoms with Gasteiger partial charge in [0.2, 0.25) is 11.8 Å². The van der Waals surface area contributed by atoms with E-state index in [4.69, 9.17) is 0 Å². The third-order valence-electron chi connectivity index (χ3n) is 5.78. The van der Waals surface area contributed by atoms with Crippen LogP contribution in [-0.2, 0) is 43.0 Å². The highest BCUT2D eigenvalue weighted by atomic mass is 16.6. The highest BCUT2D eigenvalue weighted by Gasteiger charge is 2.39. The summed E-state index contributed by atoms with van der Waals surface area (Å²) in [5.74, 6) is -3.37. The third kappa shape index (κ3) is 7.15. The molecule has 2 rings (SSSR count). The van der Waals surface area contributed by atoms with Gasteiger partial charge in [0.15, 0.2) is 0 Å². The van der Waals surface area contributed by atoms with Crippen molar-refractivity contribution in [3.05, 3.63) is 0 Å². The van der Waals surface area contributed by atoms with Crippen molar-refractivity contribution in [2.75, 3.05) is 21.3 Å². The number of nitrogens with zero attached hydrogens (tertiary/aromatic N) is 1. The van der Waals surface area contributed by atoms with Gasteiger partial charge < -0.3 is 14.2 Å². The Balaban J connectivity index is 0.000000439. The van der Waals surface area contributed by atoms with Gasteiger partial charge in [-0.25, -0.2) is 0 Å². The summed E-state index contributed by atoms with van der Waals surface area (Å²) in [6.07, 6.45) is 0. The highest BCUT2D eigenvalue weighted by Crippen LogP contribution is 2.23. The van der Waals surface area contributed by atoms with Crippen molar-refractivity contribution in [1.29, 1.82) is 0 Å². The fourth-order valence-corrected chi connectivity index (χ4v) is 2.62. The van der Waals surface area contributed by atoms with E-state index in [2.05, 4.69) is 14.2 Å². The van der Waals surface area contributed by atoms with Gasteiger partial charge in [0.25, 0.3) is 0 Å². The maximum absolute atomic E-state index is 11.0. The quantitative estimate of drug-likeness (QED) is 0.273. The van der Waals surface area contributed by atoms with Crippen LogP contribution in [0.15, 0.2) is 0 Å². The van der Waals surface area contributed by atoms with Crippen molar-refractivity contribution in [1.82, 2.24) is 4.90 Å². The average molecular weight is 443 g/mol. The number of methoxy groups -OCH3 is 2. The van der Waals surface area contributed by atoms with Crippen LogP contribution >= 0.6 is 0 Å². The highest BCUT2D eigenvalue weighted by molar-refractivity contribution is 6.04. The van der Waals surface area contributed by atoms with E-state index < -0.39 is 35.7 Å². The minimum absolute atomic E-state index is 0.0579. The lowest BCUT2D eigenvalue weighted by Gasteiger charge is -2.14. The van der Waals surface area contributed by atoms with Crippen LogP contribution < -0.4 is 0 Å². The van der Waals surface area contributed by atoms with E-state index >= 15 is 0 Å².